The summed E-state index contributed by atoms with van der Waals surface area (Å²) in [7, 11) is 1.61. The zero-order valence-electron chi connectivity index (χ0n) is 12.3. The van der Waals surface area contributed by atoms with E-state index in [1.807, 2.05) is 31.2 Å². The highest BCUT2D eigenvalue weighted by molar-refractivity contribution is 5.81. The van der Waals surface area contributed by atoms with Gasteiger partial charge in [0, 0.05) is 0 Å². The molecule has 1 aromatic carbocycles. The second-order valence-electron chi connectivity index (χ2n) is 5.30. The highest BCUT2D eigenvalue weighted by Crippen LogP contribution is 2.35. The van der Waals surface area contributed by atoms with Crippen molar-refractivity contribution in [3.05, 3.63) is 29.8 Å². The average molecular weight is 277 g/mol. The van der Waals surface area contributed by atoms with E-state index >= 15 is 0 Å². The first kappa shape index (κ1) is 14.9. The number of likely N-dealkylation sites (tertiary alicyclic amines) is 1. The summed E-state index contributed by atoms with van der Waals surface area (Å²) in [6.45, 7) is 3.66. The second kappa shape index (κ2) is 6.27. The molecule has 0 aromatic heterocycles. The van der Waals surface area contributed by atoms with Gasteiger partial charge in [-0.25, -0.2) is 4.79 Å². The topological polar surface area (TPSA) is 49.8 Å². The number of rotatable bonds is 5. The second-order valence-corrected chi connectivity index (χ2v) is 5.30. The summed E-state index contributed by atoms with van der Waals surface area (Å²) >= 11 is 0. The number of nitrogens with zero attached hydrogens (tertiary/aromatic N) is 1. The zero-order valence-corrected chi connectivity index (χ0v) is 12.3. The summed E-state index contributed by atoms with van der Waals surface area (Å²) in [5, 5.41) is 9.88. The van der Waals surface area contributed by atoms with Crippen molar-refractivity contribution in [1.29, 1.82) is 0 Å². The molecule has 1 fully saturated rings. The van der Waals surface area contributed by atoms with E-state index in [1.54, 1.807) is 7.11 Å². The van der Waals surface area contributed by atoms with Crippen LogP contribution < -0.4 is 4.74 Å². The van der Waals surface area contributed by atoms with Gasteiger partial charge >= 0.3 is 5.97 Å². The van der Waals surface area contributed by atoms with Crippen molar-refractivity contribution in [1.82, 2.24) is 4.90 Å². The van der Waals surface area contributed by atoms with Gasteiger partial charge in [0.05, 0.1) is 7.11 Å². The van der Waals surface area contributed by atoms with Crippen LogP contribution in [0, 0.1) is 0 Å². The number of benzene rings is 1. The number of ether oxygens (including phenoxy) is 1. The standard InChI is InChI=1S/C16H23NO3/c1-3-16(15(18)19,17-11-5-4-6-12-17)13-7-9-14(20-2)10-8-13/h7-10H,3-6,11-12H2,1-2H3,(H,18,19). The molecule has 0 spiro atoms. The van der Waals surface area contributed by atoms with Crippen LogP contribution in [0.25, 0.3) is 0 Å². The Morgan fingerprint density at radius 3 is 2.30 bits per heavy atom. The summed E-state index contributed by atoms with van der Waals surface area (Å²) in [4.78, 5) is 14.2. The van der Waals surface area contributed by atoms with Crippen molar-refractivity contribution < 1.29 is 14.6 Å². The van der Waals surface area contributed by atoms with Gasteiger partial charge in [0.15, 0.2) is 0 Å². The fourth-order valence-corrected chi connectivity index (χ4v) is 3.16. The normalized spacial score (nSPS) is 19.3. The summed E-state index contributed by atoms with van der Waals surface area (Å²) in [6.07, 6.45) is 3.91. The molecule has 110 valence electrons. The minimum absolute atomic E-state index is 0.564. The average Bonchev–Trinajstić information content (AvgIpc) is 2.50. The molecule has 1 saturated heterocycles. The Balaban J connectivity index is 2.41. The molecule has 1 atom stereocenters. The lowest BCUT2D eigenvalue weighted by molar-refractivity contribution is -0.154. The van der Waals surface area contributed by atoms with Crippen LogP contribution in [-0.2, 0) is 10.3 Å². The third-order valence-electron chi connectivity index (χ3n) is 4.33. The molecule has 2 rings (SSSR count). The van der Waals surface area contributed by atoms with E-state index in [4.69, 9.17) is 4.74 Å². The zero-order chi connectivity index (χ0) is 14.6. The van der Waals surface area contributed by atoms with Gasteiger partial charge in [-0.15, -0.1) is 0 Å². The van der Waals surface area contributed by atoms with Crippen molar-refractivity contribution in [2.45, 2.75) is 38.1 Å². The molecule has 1 unspecified atom stereocenters. The van der Waals surface area contributed by atoms with E-state index in [0.29, 0.717) is 6.42 Å². The molecule has 1 N–H and O–H groups in total. The van der Waals surface area contributed by atoms with Crippen LogP contribution in [0.5, 0.6) is 5.75 Å². The van der Waals surface area contributed by atoms with Crippen molar-refractivity contribution in [2.75, 3.05) is 20.2 Å². The fourth-order valence-electron chi connectivity index (χ4n) is 3.16. The molecule has 4 heteroatoms. The minimum atomic E-state index is -0.910. The SMILES string of the molecule is CCC(C(=O)O)(c1ccc(OC)cc1)N1CCCCC1. The Morgan fingerprint density at radius 2 is 1.85 bits per heavy atom. The Kier molecular flexibility index (Phi) is 4.65. The molecule has 0 aliphatic carbocycles. The molecule has 20 heavy (non-hydrogen) atoms. The first-order valence-corrected chi connectivity index (χ1v) is 7.28. The van der Waals surface area contributed by atoms with Crippen LogP contribution in [-0.4, -0.2) is 36.2 Å². The van der Waals surface area contributed by atoms with Gasteiger partial charge in [-0.05, 0) is 50.0 Å². The largest absolute Gasteiger partial charge is 0.497 e. The minimum Gasteiger partial charge on any atom is -0.497 e. The van der Waals surface area contributed by atoms with Crippen LogP contribution in [0.4, 0.5) is 0 Å². The van der Waals surface area contributed by atoms with Gasteiger partial charge in [-0.2, -0.15) is 0 Å². The van der Waals surface area contributed by atoms with Crippen LogP contribution in [0.2, 0.25) is 0 Å². The third kappa shape index (κ3) is 2.52. The number of carboxylic acids is 1. The van der Waals surface area contributed by atoms with Crippen molar-refractivity contribution in [3.63, 3.8) is 0 Å². The van der Waals surface area contributed by atoms with Crippen molar-refractivity contribution in [3.8, 4) is 5.75 Å². The molecule has 1 aromatic rings. The van der Waals surface area contributed by atoms with Crippen molar-refractivity contribution >= 4 is 5.97 Å². The van der Waals surface area contributed by atoms with E-state index in [1.165, 1.54) is 6.42 Å². The molecule has 1 aliphatic heterocycles. The lowest BCUT2D eigenvalue weighted by Crippen LogP contribution is -2.53. The predicted octanol–water partition coefficient (Wildman–Crippen LogP) is 2.87. The molecule has 4 nitrogen and oxygen atoms in total. The lowest BCUT2D eigenvalue weighted by Gasteiger charge is -2.42. The van der Waals surface area contributed by atoms with Crippen LogP contribution in [0.1, 0.15) is 38.2 Å². The Bertz CT molecular complexity index is 451. The fraction of sp³-hybridized carbons (Fsp3) is 0.562. The molecule has 1 heterocycles. The van der Waals surface area contributed by atoms with Crippen LogP contribution >= 0.6 is 0 Å². The highest BCUT2D eigenvalue weighted by atomic mass is 16.5. The smallest absolute Gasteiger partial charge is 0.328 e. The third-order valence-corrected chi connectivity index (χ3v) is 4.33. The predicted molar refractivity (Wildman–Crippen MR) is 78.0 cm³/mol. The van der Waals surface area contributed by atoms with Crippen molar-refractivity contribution in [2.24, 2.45) is 0 Å². The van der Waals surface area contributed by atoms with E-state index in [0.717, 1.165) is 37.2 Å². The van der Waals surface area contributed by atoms with Gasteiger partial charge in [0.1, 0.15) is 11.3 Å². The summed E-state index contributed by atoms with van der Waals surface area (Å²) in [6, 6.07) is 7.44. The van der Waals surface area contributed by atoms with Gasteiger partial charge in [-0.3, -0.25) is 4.90 Å². The molecular formula is C16H23NO3. The number of piperidine rings is 1. The maximum absolute atomic E-state index is 12.0. The molecular weight excluding hydrogens is 254 g/mol. The lowest BCUT2D eigenvalue weighted by atomic mass is 9.84. The van der Waals surface area contributed by atoms with E-state index in [2.05, 4.69) is 4.90 Å². The Labute approximate surface area is 120 Å². The number of hydrogen-bond donors (Lipinski definition) is 1. The molecule has 0 radical (unpaired) electrons. The molecule has 0 bridgehead atoms. The Hall–Kier alpha value is -1.55. The highest BCUT2D eigenvalue weighted by Gasteiger charge is 2.44. The molecule has 1 aliphatic rings. The van der Waals surface area contributed by atoms with Gasteiger partial charge in [0.2, 0.25) is 0 Å². The van der Waals surface area contributed by atoms with E-state index in [-0.39, 0.29) is 0 Å². The number of methoxy groups -OCH3 is 1. The maximum Gasteiger partial charge on any atom is 0.328 e. The molecule has 0 saturated carbocycles. The first-order chi connectivity index (χ1) is 9.65. The van der Waals surface area contributed by atoms with E-state index < -0.39 is 11.5 Å². The first-order valence-electron chi connectivity index (χ1n) is 7.28. The Morgan fingerprint density at radius 1 is 1.25 bits per heavy atom. The monoisotopic (exact) mass is 277 g/mol. The molecule has 0 amide bonds. The number of hydrogen-bond acceptors (Lipinski definition) is 3. The van der Waals surface area contributed by atoms with E-state index in [9.17, 15) is 9.90 Å². The van der Waals surface area contributed by atoms with Crippen LogP contribution in [0.3, 0.4) is 0 Å². The summed E-state index contributed by atoms with van der Waals surface area (Å²) in [5.41, 5.74) is -0.0673. The van der Waals surface area contributed by atoms with Gasteiger partial charge in [-0.1, -0.05) is 25.5 Å². The van der Waals surface area contributed by atoms with Gasteiger partial charge < -0.3 is 9.84 Å². The number of carbonyl (C=O) groups is 1. The quantitative estimate of drug-likeness (QED) is 0.899. The number of carboxylic acid groups (broad SMARTS) is 1. The van der Waals surface area contributed by atoms with Crippen LogP contribution in [0.15, 0.2) is 24.3 Å². The maximum atomic E-state index is 12.0. The number of aliphatic carboxylic acids is 1. The summed E-state index contributed by atoms with van der Waals surface area (Å²) in [5.74, 6) is -0.00477. The van der Waals surface area contributed by atoms with Gasteiger partial charge in [0.25, 0.3) is 0 Å². The summed E-state index contributed by atoms with van der Waals surface area (Å²) < 4.78 is 5.16.